The molecule has 1 atom stereocenters. The van der Waals surface area contributed by atoms with Crippen molar-refractivity contribution in [3.63, 3.8) is 0 Å². The molecule has 0 unspecified atom stereocenters. The van der Waals surface area contributed by atoms with Gasteiger partial charge in [-0.15, -0.1) is 0 Å². The average molecular weight is 342 g/mol. The summed E-state index contributed by atoms with van der Waals surface area (Å²) in [4.78, 5) is 16.7. The van der Waals surface area contributed by atoms with E-state index in [2.05, 4.69) is 10.00 Å². The Morgan fingerprint density at radius 1 is 1.20 bits per heavy atom. The van der Waals surface area contributed by atoms with Crippen LogP contribution in [0.1, 0.15) is 25.7 Å². The van der Waals surface area contributed by atoms with Crippen molar-refractivity contribution in [1.29, 1.82) is 0 Å². The normalized spacial score (nSPS) is 24.4. The Labute approximate surface area is 148 Å². The van der Waals surface area contributed by atoms with Gasteiger partial charge in [0.05, 0.1) is 30.4 Å². The van der Waals surface area contributed by atoms with Gasteiger partial charge in [0.15, 0.2) is 0 Å². The number of amides is 1. The minimum atomic E-state index is -0.738. The number of aryl methyl sites for hydroxylation is 1. The molecule has 1 aromatic heterocycles. The Morgan fingerprint density at radius 2 is 2.00 bits per heavy atom. The first-order valence-electron chi connectivity index (χ1n) is 9.26. The van der Waals surface area contributed by atoms with Crippen LogP contribution in [0, 0.1) is 0 Å². The van der Waals surface area contributed by atoms with Gasteiger partial charge >= 0.3 is 0 Å². The molecule has 0 bridgehead atoms. The zero-order chi connectivity index (χ0) is 17.3. The number of aliphatic hydroxyl groups is 1. The van der Waals surface area contributed by atoms with Crippen molar-refractivity contribution in [1.82, 2.24) is 19.6 Å². The second kappa shape index (κ2) is 6.77. The third-order valence-electron chi connectivity index (χ3n) is 5.49. The highest BCUT2D eigenvalue weighted by Crippen LogP contribution is 2.25. The fourth-order valence-corrected chi connectivity index (χ4v) is 4.12. The van der Waals surface area contributed by atoms with Crippen LogP contribution in [0.25, 0.3) is 10.9 Å². The van der Waals surface area contributed by atoms with Crippen molar-refractivity contribution in [2.75, 3.05) is 32.7 Å². The summed E-state index contributed by atoms with van der Waals surface area (Å²) in [5.41, 5.74) is 0.320. The summed E-state index contributed by atoms with van der Waals surface area (Å²) in [6.07, 6.45) is 5.38. The van der Waals surface area contributed by atoms with Gasteiger partial charge in [-0.05, 0) is 38.4 Å². The molecule has 0 radical (unpaired) electrons. The molecule has 2 fully saturated rings. The van der Waals surface area contributed by atoms with E-state index in [0.717, 1.165) is 24.0 Å². The number of aromatic nitrogens is 2. The molecule has 6 nitrogen and oxygen atoms in total. The monoisotopic (exact) mass is 342 g/mol. The molecule has 25 heavy (non-hydrogen) atoms. The number of hydrogen-bond acceptors (Lipinski definition) is 4. The van der Waals surface area contributed by atoms with E-state index in [1.54, 1.807) is 0 Å². The Kier molecular flexibility index (Phi) is 4.48. The number of carbonyl (C=O) groups is 1. The summed E-state index contributed by atoms with van der Waals surface area (Å²) in [6, 6.07) is 8.03. The molecule has 4 rings (SSSR count). The number of hydrogen-bond donors (Lipinski definition) is 1. The number of carbonyl (C=O) groups excluding carboxylic acids is 1. The lowest BCUT2D eigenvalue weighted by atomic mass is 10.0. The highest BCUT2D eigenvalue weighted by atomic mass is 16.3. The van der Waals surface area contributed by atoms with Crippen LogP contribution in [-0.2, 0) is 11.3 Å². The van der Waals surface area contributed by atoms with Gasteiger partial charge in [0.2, 0.25) is 5.91 Å². The van der Waals surface area contributed by atoms with Crippen LogP contribution in [-0.4, -0.2) is 68.9 Å². The first kappa shape index (κ1) is 16.5. The van der Waals surface area contributed by atoms with Crippen molar-refractivity contribution in [2.24, 2.45) is 0 Å². The number of benzene rings is 1. The van der Waals surface area contributed by atoms with Crippen molar-refractivity contribution in [3.8, 4) is 0 Å². The van der Waals surface area contributed by atoms with E-state index < -0.39 is 5.60 Å². The van der Waals surface area contributed by atoms with Crippen LogP contribution in [0.5, 0.6) is 0 Å². The van der Waals surface area contributed by atoms with Crippen LogP contribution in [0.4, 0.5) is 0 Å². The highest BCUT2D eigenvalue weighted by Gasteiger charge is 2.39. The van der Waals surface area contributed by atoms with Crippen LogP contribution in [0.3, 0.4) is 0 Å². The number of para-hydroxylation sites is 1. The molecule has 1 aromatic carbocycles. The molecule has 2 aromatic rings. The smallest absolute Gasteiger partial charge is 0.224 e. The van der Waals surface area contributed by atoms with E-state index in [4.69, 9.17) is 0 Å². The number of β-amino-alcohol motifs (C(OH)–C–C–N with tert-alkyl or cyclic N) is 1. The summed E-state index contributed by atoms with van der Waals surface area (Å²) in [7, 11) is 0. The molecule has 0 aliphatic carbocycles. The van der Waals surface area contributed by atoms with E-state index >= 15 is 0 Å². The minimum absolute atomic E-state index is 0.108. The van der Waals surface area contributed by atoms with Gasteiger partial charge in [-0.1, -0.05) is 18.2 Å². The fourth-order valence-electron chi connectivity index (χ4n) is 4.12. The molecule has 0 saturated carbocycles. The second-order valence-electron chi connectivity index (χ2n) is 7.45. The van der Waals surface area contributed by atoms with E-state index in [1.807, 2.05) is 40.0 Å². The molecule has 6 heteroatoms. The predicted molar refractivity (Wildman–Crippen MR) is 96.2 cm³/mol. The van der Waals surface area contributed by atoms with Crippen molar-refractivity contribution >= 4 is 16.8 Å². The van der Waals surface area contributed by atoms with Gasteiger partial charge in [0.1, 0.15) is 0 Å². The van der Waals surface area contributed by atoms with Crippen LogP contribution in [0.2, 0.25) is 0 Å². The molecular weight excluding hydrogens is 316 g/mol. The summed E-state index contributed by atoms with van der Waals surface area (Å²) >= 11 is 0. The van der Waals surface area contributed by atoms with Gasteiger partial charge in [0, 0.05) is 24.9 Å². The van der Waals surface area contributed by atoms with Crippen molar-refractivity contribution < 1.29 is 9.90 Å². The topological polar surface area (TPSA) is 61.6 Å². The lowest BCUT2D eigenvalue weighted by Crippen LogP contribution is -2.45. The maximum atomic E-state index is 12.6. The highest BCUT2D eigenvalue weighted by molar-refractivity contribution is 5.79. The van der Waals surface area contributed by atoms with Gasteiger partial charge < -0.3 is 14.9 Å². The molecule has 2 saturated heterocycles. The van der Waals surface area contributed by atoms with Gasteiger partial charge in [-0.2, -0.15) is 5.10 Å². The predicted octanol–water partition coefficient (Wildman–Crippen LogP) is 1.49. The van der Waals surface area contributed by atoms with E-state index in [9.17, 15) is 9.90 Å². The standard InChI is InChI=1S/C19H26N4O2/c24-18(7-11-23-17-6-2-1-5-16(17)13-20-23)22-12-8-19(25,15-22)14-21-9-3-4-10-21/h1-2,5-6,13,25H,3-4,7-12,14-15H2/t19-/m0/s1. The number of fused-ring (bicyclic) bond motifs is 1. The van der Waals surface area contributed by atoms with Crippen molar-refractivity contribution in [3.05, 3.63) is 30.5 Å². The summed E-state index contributed by atoms with van der Waals surface area (Å²) < 4.78 is 1.89. The number of rotatable bonds is 5. The molecule has 1 N–H and O–H groups in total. The van der Waals surface area contributed by atoms with Crippen LogP contribution >= 0.6 is 0 Å². The Balaban J connectivity index is 1.32. The molecule has 0 spiro atoms. The van der Waals surface area contributed by atoms with Crippen molar-refractivity contribution in [2.45, 2.75) is 37.8 Å². The van der Waals surface area contributed by atoms with E-state index in [0.29, 0.717) is 39.0 Å². The zero-order valence-electron chi connectivity index (χ0n) is 14.6. The van der Waals surface area contributed by atoms with Gasteiger partial charge in [-0.3, -0.25) is 9.48 Å². The zero-order valence-corrected chi connectivity index (χ0v) is 14.6. The third-order valence-corrected chi connectivity index (χ3v) is 5.49. The Hall–Kier alpha value is -1.92. The lowest BCUT2D eigenvalue weighted by Gasteiger charge is -2.28. The maximum absolute atomic E-state index is 12.6. The summed E-state index contributed by atoms with van der Waals surface area (Å²) in [5.74, 6) is 0.108. The Bertz CT molecular complexity index is 753. The minimum Gasteiger partial charge on any atom is -0.387 e. The fraction of sp³-hybridized carbons (Fsp3) is 0.579. The first-order valence-corrected chi connectivity index (χ1v) is 9.26. The largest absolute Gasteiger partial charge is 0.387 e. The molecule has 2 aliphatic heterocycles. The summed E-state index contributed by atoms with van der Waals surface area (Å²) in [6.45, 7) is 4.53. The van der Waals surface area contributed by atoms with Gasteiger partial charge in [-0.25, -0.2) is 0 Å². The lowest BCUT2D eigenvalue weighted by molar-refractivity contribution is -0.131. The molecule has 134 valence electrons. The molecule has 2 aliphatic rings. The third kappa shape index (κ3) is 3.55. The second-order valence-corrected chi connectivity index (χ2v) is 7.45. The summed E-state index contributed by atoms with van der Waals surface area (Å²) in [5, 5.41) is 16.3. The van der Waals surface area contributed by atoms with E-state index in [1.165, 1.54) is 12.8 Å². The SMILES string of the molecule is O=C(CCn1ncc2ccccc21)N1CC[C@](O)(CN2CCCC2)C1. The molecule has 1 amide bonds. The van der Waals surface area contributed by atoms with Gasteiger partial charge in [0.25, 0.3) is 0 Å². The van der Waals surface area contributed by atoms with Crippen LogP contribution < -0.4 is 0 Å². The quantitative estimate of drug-likeness (QED) is 0.894. The molecule has 3 heterocycles. The first-order chi connectivity index (χ1) is 12.1. The number of nitrogens with zero attached hydrogens (tertiary/aromatic N) is 4. The van der Waals surface area contributed by atoms with E-state index in [-0.39, 0.29) is 5.91 Å². The average Bonchev–Trinajstić information content (AvgIpc) is 3.33. The Morgan fingerprint density at radius 3 is 2.84 bits per heavy atom. The maximum Gasteiger partial charge on any atom is 0.224 e. The number of likely N-dealkylation sites (tertiary alicyclic amines) is 2. The van der Waals surface area contributed by atoms with Crippen LogP contribution in [0.15, 0.2) is 30.5 Å². The molecular formula is C19H26N4O2.